The Morgan fingerprint density at radius 3 is 2.80 bits per heavy atom. The van der Waals surface area contributed by atoms with Gasteiger partial charge in [0.05, 0.1) is 16.8 Å². The molecule has 1 unspecified atom stereocenters. The molecular weight excluding hydrogens is 280 g/mol. The van der Waals surface area contributed by atoms with Crippen molar-refractivity contribution in [3.05, 3.63) is 28.8 Å². The number of carbonyl (C=O) groups is 2. The number of hydrogen-bond donors (Lipinski definition) is 3. The molecule has 1 heterocycles. The maximum absolute atomic E-state index is 12.4. The van der Waals surface area contributed by atoms with E-state index in [1.165, 1.54) is 18.2 Å². The van der Waals surface area contributed by atoms with Crippen molar-refractivity contribution in [3.63, 3.8) is 0 Å². The summed E-state index contributed by atoms with van der Waals surface area (Å²) in [6.07, 6.45) is 2.34. The first-order valence-electron chi connectivity index (χ1n) is 6.58. The summed E-state index contributed by atoms with van der Waals surface area (Å²) in [6.45, 7) is 2.73. The van der Waals surface area contributed by atoms with Crippen LogP contribution in [0.4, 0.5) is 5.69 Å². The normalized spacial score (nSPS) is 21.7. The Kier molecular flexibility index (Phi) is 4.30. The van der Waals surface area contributed by atoms with E-state index in [1.807, 2.05) is 6.92 Å². The molecule has 0 aromatic heterocycles. The van der Waals surface area contributed by atoms with Gasteiger partial charge in [-0.1, -0.05) is 18.5 Å². The molecule has 1 aromatic rings. The monoisotopic (exact) mass is 296 g/mol. The number of anilines is 1. The third-order valence-electron chi connectivity index (χ3n) is 3.74. The lowest BCUT2D eigenvalue weighted by molar-refractivity contribution is -0.122. The van der Waals surface area contributed by atoms with Gasteiger partial charge in [0.15, 0.2) is 0 Å². The molecule has 1 saturated heterocycles. The number of halogens is 1. The molecule has 1 aromatic carbocycles. The molecule has 1 amide bonds. The Labute approximate surface area is 122 Å². The molecule has 0 aliphatic carbocycles. The van der Waals surface area contributed by atoms with Crippen molar-refractivity contribution in [2.75, 3.05) is 11.9 Å². The lowest BCUT2D eigenvalue weighted by Gasteiger charge is -2.27. The highest BCUT2D eigenvalue weighted by Gasteiger charge is 2.39. The molecule has 108 valence electrons. The molecular formula is C14H17ClN2O3. The number of aromatic carboxylic acids is 1. The molecule has 0 bridgehead atoms. The van der Waals surface area contributed by atoms with Crippen LogP contribution in [0.5, 0.6) is 0 Å². The van der Waals surface area contributed by atoms with E-state index in [-0.39, 0.29) is 17.2 Å². The second-order valence-electron chi connectivity index (χ2n) is 4.92. The molecule has 1 atom stereocenters. The smallest absolute Gasteiger partial charge is 0.337 e. The van der Waals surface area contributed by atoms with Gasteiger partial charge in [0, 0.05) is 5.02 Å². The van der Waals surface area contributed by atoms with E-state index in [0.29, 0.717) is 11.4 Å². The molecule has 0 saturated carbocycles. The van der Waals surface area contributed by atoms with E-state index in [4.69, 9.17) is 16.7 Å². The quantitative estimate of drug-likeness (QED) is 0.798. The minimum absolute atomic E-state index is 0.0343. The van der Waals surface area contributed by atoms with Crippen LogP contribution in [0.3, 0.4) is 0 Å². The van der Waals surface area contributed by atoms with Gasteiger partial charge in [-0.05, 0) is 44.0 Å². The minimum Gasteiger partial charge on any atom is -0.478 e. The van der Waals surface area contributed by atoms with Crippen molar-refractivity contribution in [3.8, 4) is 0 Å². The summed E-state index contributed by atoms with van der Waals surface area (Å²) < 4.78 is 0. The molecule has 6 heteroatoms. The number of hydrogen-bond acceptors (Lipinski definition) is 3. The van der Waals surface area contributed by atoms with Crippen molar-refractivity contribution in [1.29, 1.82) is 0 Å². The second kappa shape index (κ2) is 5.81. The van der Waals surface area contributed by atoms with Crippen LogP contribution in [0.2, 0.25) is 5.02 Å². The molecule has 1 fully saturated rings. The highest BCUT2D eigenvalue weighted by Crippen LogP contribution is 2.27. The van der Waals surface area contributed by atoms with Crippen LogP contribution in [0, 0.1) is 0 Å². The highest BCUT2D eigenvalue weighted by molar-refractivity contribution is 6.31. The first-order chi connectivity index (χ1) is 9.48. The third kappa shape index (κ3) is 2.78. The van der Waals surface area contributed by atoms with E-state index in [9.17, 15) is 9.59 Å². The van der Waals surface area contributed by atoms with E-state index in [0.717, 1.165) is 19.4 Å². The van der Waals surface area contributed by atoms with Crippen molar-refractivity contribution in [2.24, 2.45) is 0 Å². The van der Waals surface area contributed by atoms with E-state index >= 15 is 0 Å². The summed E-state index contributed by atoms with van der Waals surface area (Å²) >= 11 is 5.87. The molecule has 1 aliphatic heterocycles. The van der Waals surface area contributed by atoms with Gasteiger partial charge in [0.1, 0.15) is 0 Å². The van der Waals surface area contributed by atoms with E-state index < -0.39 is 11.5 Å². The first-order valence-corrected chi connectivity index (χ1v) is 6.95. The van der Waals surface area contributed by atoms with Crippen molar-refractivity contribution < 1.29 is 14.7 Å². The van der Waals surface area contributed by atoms with E-state index in [1.54, 1.807) is 0 Å². The number of amides is 1. The Hall–Kier alpha value is -1.59. The minimum atomic E-state index is -1.10. The summed E-state index contributed by atoms with van der Waals surface area (Å²) in [7, 11) is 0. The average molecular weight is 297 g/mol. The van der Waals surface area contributed by atoms with Crippen LogP contribution >= 0.6 is 11.6 Å². The first kappa shape index (κ1) is 14.8. The lowest BCUT2D eigenvalue weighted by atomic mass is 9.93. The molecule has 0 radical (unpaired) electrons. The fourth-order valence-corrected chi connectivity index (χ4v) is 2.68. The van der Waals surface area contributed by atoms with Gasteiger partial charge in [0.2, 0.25) is 5.91 Å². The zero-order chi connectivity index (χ0) is 14.8. The fraction of sp³-hybridized carbons (Fsp3) is 0.429. The average Bonchev–Trinajstić information content (AvgIpc) is 2.88. The summed E-state index contributed by atoms with van der Waals surface area (Å²) in [5.41, 5.74) is -0.346. The SMILES string of the molecule is CCC1(C(=O)Nc2cc(Cl)ccc2C(=O)O)CCCN1. The number of rotatable bonds is 4. The van der Waals surface area contributed by atoms with Gasteiger partial charge in [0.25, 0.3) is 0 Å². The van der Waals surface area contributed by atoms with Crippen LogP contribution in [-0.2, 0) is 4.79 Å². The van der Waals surface area contributed by atoms with Crippen LogP contribution < -0.4 is 10.6 Å². The maximum atomic E-state index is 12.4. The van der Waals surface area contributed by atoms with Gasteiger partial charge in [-0.15, -0.1) is 0 Å². The van der Waals surface area contributed by atoms with Crippen molar-refractivity contribution in [2.45, 2.75) is 31.7 Å². The Bertz CT molecular complexity index is 539. The van der Waals surface area contributed by atoms with Gasteiger partial charge in [-0.2, -0.15) is 0 Å². The van der Waals surface area contributed by atoms with Crippen LogP contribution in [0.1, 0.15) is 36.5 Å². The van der Waals surface area contributed by atoms with Gasteiger partial charge in [-0.3, -0.25) is 4.79 Å². The highest BCUT2D eigenvalue weighted by atomic mass is 35.5. The van der Waals surface area contributed by atoms with E-state index in [2.05, 4.69) is 10.6 Å². The van der Waals surface area contributed by atoms with Crippen LogP contribution in [0.15, 0.2) is 18.2 Å². The standard InChI is InChI=1S/C14H17ClN2O3/c1-2-14(6-3-7-16-14)13(20)17-11-8-9(15)4-5-10(11)12(18)19/h4-5,8,16H,2-3,6-7H2,1H3,(H,17,20)(H,18,19). The zero-order valence-corrected chi connectivity index (χ0v) is 12.0. The summed E-state index contributed by atoms with van der Waals surface area (Å²) in [5, 5.41) is 15.4. The molecule has 1 aliphatic rings. The molecule has 3 N–H and O–H groups in total. The van der Waals surface area contributed by atoms with Crippen molar-refractivity contribution in [1.82, 2.24) is 5.32 Å². The Balaban J connectivity index is 2.27. The number of carbonyl (C=O) groups excluding carboxylic acids is 1. The van der Waals surface area contributed by atoms with Crippen LogP contribution in [-0.4, -0.2) is 29.1 Å². The fourth-order valence-electron chi connectivity index (χ4n) is 2.51. The van der Waals surface area contributed by atoms with Crippen molar-refractivity contribution >= 4 is 29.2 Å². The van der Waals surface area contributed by atoms with Gasteiger partial charge < -0.3 is 15.7 Å². The van der Waals surface area contributed by atoms with Gasteiger partial charge in [-0.25, -0.2) is 4.79 Å². The Morgan fingerprint density at radius 1 is 1.50 bits per heavy atom. The maximum Gasteiger partial charge on any atom is 0.337 e. The third-order valence-corrected chi connectivity index (χ3v) is 3.98. The number of benzene rings is 1. The summed E-state index contributed by atoms with van der Waals surface area (Å²) in [5.74, 6) is -1.30. The second-order valence-corrected chi connectivity index (χ2v) is 5.35. The Morgan fingerprint density at radius 2 is 2.25 bits per heavy atom. The lowest BCUT2D eigenvalue weighted by Crippen LogP contribution is -2.50. The number of carboxylic acid groups (broad SMARTS) is 1. The van der Waals surface area contributed by atoms with Gasteiger partial charge >= 0.3 is 5.97 Å². The zero-order valence-electron chi connectivity index (χ0n) is 11.2. The largest absolute Gasteiger partial charge is 0.478 e. The number of nitrogens with one attached hydrogen (secondary N) is 2. The topological polar surface area (TPSA) is 78.4 Å². The summed E-state index contributed by atoms with van der Waals surface area (Å²) in [4.78, 5) is 23.6. The summed E-state index contributed by atoms with van der Waals surface area (Å²) in [6, 6.07) is 4.34. The molecule has 0 spiro atoms. The predicted octanol–water partition coefficient (Wildman–Crippen LogP) is 2.51. The molecule has 20 heavy (non-hydrogen) atoms. The molecule has 2 rings (SSSR count). The predicted molar refractivity (Wildman–Crippen MR) is 77.3 cm³/mol. The molecule has 5 nitrogen and oxygen atoms in total. The number of carboxylic acids is 1. The van der Waals surface area contributed by atoms with Crippen LogP contribution in [0.25, 0.3) is 0 Å².